The van der Waals surface area contributed by atoms with Gasteiger partial charge in [-0.3, -0.25) is 24.0 Å². The number of carbonyl (C=O) groups is 6. The van der Waals surface area contributed by atoms with Crippen molar-refractivity contribution in [1.82, 2.24) is 26.6 Å². The number of aliphatic carboxylic acids is 1. The first kappa shape index (κ1) is 39.2. The van der Waals surface area contributed by atoms with Crippen LogP contribution in [-0.4, -0.2) is 82.5 Å². The van der Waals surface area contributed by atoms with Crippen molar-refractivity contribution in [3.05, 3.63) is 65.7 Å². The number of rotatable bonds is 18. The van der Waals surface area contributed by atoms with Gasteiger partial charge in [-0.2, -0.15) is 0 Å². The molecule has 0 saturated carbocycles. The normalized spacial score (nSPS) is 14.7. The fourth-order valence-electron chi connectivity index (χ4n) is 4.69. The molecule has 48 heavy (non-hydrogen) atoms. The van der Waals surface area contributed by atoms with Crippen molar-refractivity contribution in [2.45, 2.75) is 84.1 Å². The number of hydrogen-bond acceptors (Lipinski definition) is 8. The van der Waals surface area contributed by atoms with Crippen molar-refractivity contribution in [2.24, 2.45) is 17.6 Å². The third-order valence-corrected chi connectivity index (χ3v) is 7.80. The predicted molar refractivity (Wildman–Crippen MR) is 178 cm³/mol. The predicted octanol–water partition coefficient (Wildman–Crippen LogP) is 0.367. The second-order valence-corrected chi connectivity index (χ2v) is 12.2. The van der Waals surface area contributed by atoms with Gasteiger partial charge in [0, 0.05) is 12.8 Å². The van der Waals surface area contributed by atoms with Gasteiger partial charge in [-0.15, -0.1) is 0 Å². The molecule has 0 aliphatic heterocycles. The summed E-state index contributed by atoms with van der Waals surface area (Å²) in [4.78, 5) is 77.1. The number of carboxylic acid groups (broad SMARTS) is 1. The minimum atomic E-state index is -1.22. The number of phenols is 1. The second-order valence-electron chi connectivity index (χ2n) is 12.2. The Bertz CT molecular complexity index is 1400. The van der Waals surface area contributed by atoms with Gasteiger partial charge in [0.25, 0.3) is 0 Å². The molecule has 0 heterocycles. The van der Waals surface area contributed by atoms with E-state index in [2.05, 4.69) is 26.6 Å². The highest BCUT2D eigenvalue weighted by Gasteiger charge is 2.32. The highest BCUT2D eigenvalue weighted by Crippen LogP contribution is 2.13. The van der Waals surface area contributed by atoms with E-state index < -0.39 is 84.1 Å². The van der Waals surface area contributed by atoms with Gasteiger partial charge < -0.3 is 42.5 Å². The van der Waals surface area contributed by atoms with Crippen molar-refractivity contribution in [3.8, 4) is 5.75 Å². The quantitative estimate of drug-likeness (QED) is 0.110. The summed E-state index contributed by atoms with van der Waals surface area (Å²) in [6, 6.07) is 9.55. The maximum atomic E-state index is 13.4. The van der Waals surface area contributed by atoms with Gasteiger partial charge in [0.05, 0.1) is 12.6 Å². The molecular weight excluding hydrogens is 620 g/mol. The Labute approximate surface area is 280 Å². The Hall–Kier alpha value is -4.98. The van der Waals surface area contributed by atoms with Crippen molar-refractivity contribution in [2.75, 3.05) is 6.54 Å². The summed E-state index contributed by atoms with van der Waals surface area (Å²) in [5, 5.41) is 32.1. The van der Waals surface area contributed by atoms with E-state index in [0.717, 1.165) is 5.56 Å². The summed E-state index contributed by atoms with van der Waals surface area (Å²) in [5.41, 5.74) is 7.05. The fourth-order valence-corrected chi connectivity index (χ4v) is 4.69. The topological polar surface area (TPSA) is 229 Å². The third kappa shape index (κ3) is 12.7. The Morgan fingerprint density at radius 1 is 0.688 bits per heavy atom. The number of phenolic OH excluding ortho intramolecular Hbond substituents is 1. The number of carbonyl (C=O) groups excluding carboxylic acids is 5. The molecule has 0 fully saturated rings. The minimum absolute atomic E-state index is 0.00344. The number of hydrogen-bond donors (Lipinski definition) is 8. The lowest BCUT2D eigenvalue weighted by molar-refractivity contribution is -0.143. The van der Waals surface area contributed by atoms with Crippen LogP contribution >= 0.6 is 0 Å². The monoisotopic (exact) mass is 668 g/mol. The van der Waals surface area contributed by atoms with Gasteiger partial charge >= 0.3 is 5.97 Å². The Morgan fingerprint density at radius 3 is 1.71 bits per heavy atom. The smallest absolute Gasteiger partial charge is 0.326 e. The van der Waals surface area contributed by atoms with E-state index in [1.54, 1.807) is 64.1 Å². The Balaban J connectivity index is 2.15. The number of aromatic hydroxyl groups is 1. The number of nitrogens with one attached hydrogen (secondary N) is 5. The molecule has 0 saturated heterocycles. The molecule has 14 heteroatoms. The highest BCUT2D eigenvalue weighted by atomic mass is 16.4. The lowest BCUT2D eigenvalue weighted by Crippen LogP contribution is -2.58. The minimum Gasteiger partial charge on any atom is -0.508 e. The molecule has 0 unspecified atom stereocenters. The molecule has 0 aliphatic rings. The zero-order valence-corrected chi connectivity index (χ0v) is 28.0. The van der Waals surface area contributed by atoms with Gasteiger partial charge in [0.1, 0.15) is 29.9 Å². The average molecular weight is 669 g/mol. The van der Waals surface area contributed by atoms with E-state index in [4.69, 9.17) is 5.73 Å². The van der Waals surface area contributed by atoms with Crippen LogP contribution in [0.4, 0.5) is 0 Å². The van der Waals surface area contributed by atoms with Crippen LogP contribution in [0.25, 0.3) is 0 Å². The zero-order chi connectivity index (χ0) is 36.0. The van der Waals surface area contributed by atoms with Crippen LogP contribution in [0, 0.1) is 11.8 Å². The number of benzene rings is 2. The lowest BCUT2D eigenvalue weighted by atomic mass is 9.98. The summed E-state index contributed by atoms with van der Waals surface area (Å²) < 4.78 is 0. The zero-order valence-electron chi connectivity index (χ0n) is 28.0. The standard InChI is InChI=1S/C34H48N6O8/c1-6-20(4)29(34(47)48)40-31(44)25(17-23-12-14-24(41)15-13-23)37-27(42)18-36-33(46)28(19(2)3)39-32(45)26(38-30(43)21(5)35)16-22-10-8-7-9-11-22/h7-15,19-21,25-26,28-29,41H,6,16-18,35H2,1-5H3,(H,36,46)(H,37,42)(H,38,43)(H,39,45)(H,40,44)(H,47,48)/t20-,21-,25-,26-,28-,29-/m0/s1. The molecule has 0 aromatic heterocycles. The van der Waals surface area contributed by atoms with Crippen molar-refractivity contribution < 1.29 is 39.0 Å². The molecular formula is C34H48N6O8. The van der Waals surface area contributed by atoms with Gasteiger partial charge in [-0.05, 0) is 42.0 Å². The Morgan fingerprint density at radius 2 is 1.21 bits per heavy atom. The molecule has 0 aliphatic carbocycles. The molecule has 2 aromatic rings. The molecule has 0 spiro atoms. The van der Waals surface area contributed by atoms with Gasteiger partial charge in [-0.25, -0.2) is 4.79 Å². The maximum Gasteiger partial charge on any atom is 0.326 e. The lowest BCUT2D eigenvalue weighted by Gasteiger charge is -2.26. The molecule has 2 aromatic carbocycles. The molecule has 2 rings (SSSR count). The van der Waals surface area contributed by atoms with Crippen LogP contribution in [0.15, 0.2) is 54.6 Å². The van der Waals surface area contributed by atoms with Crippen LogP contribution in [0.2, 0.25) is 0 Å². The van der Waals surface area contributed by atoms with Crippen molar-refractivity contribution in [1.29, 1.82) is 0 Å². The van der Waals surface area contributed by atoms with E-state index in [-0.39, 0.29) is 18.6 Å². The molecule has 0 radical (unpaired) electrons. The molecule has 0 bridgehead atoms. The Kier molecular flexibility index (Phi) is 15.5. The van der Waals surface area contributed by atoms with Crippen molar-refractivity contribution in [3.63, 3.8) is 0 Å². The van der Waals surface area contributed by atoms with Crippen LogP contribution in [0.5, 0.6) is 5.75 Å². The molecule has 6 atom stereocenters. The number of carboxylic acids is 1. The first-order chi connectivity index (χ1) is 22.6. The summed E-state index contributed by atoms with van der Waals surface area (Å²) in [5.74, 6) is -5.33. The number of nitrogens with two attached hydrogens (primary N) is 1. The van der Waals surface area contributed by atoms with Crippen LogP contribution in [0.3, 0.4) is 0 Å². The number of amides is 5. The van der Waals surface area contributed by atoms with Crippen LogP contribution in [-0.2, 0) is 41.6 Å². The van der Waals surface area contributed by atoms with Crippen LogP contribution < -0.4 is 32.3 Å². The maximum absolute atomic E-state index is 13.4. The van der Waals surface area contributed by atoms with Gasteiger partial charge in [0.2, 0.25) is 29.5 Å². The largest absolute Gasteiger partial charge is 0.508 e. The van der Waals surface area contributed by atoms with E-state index >= 15 is 0 Å². The van der Waals surface area contributed by atoms with Gasteiger partial charge in [0.15, 0.2) is 0 Å². The van der Waals surface area contributed by atoms with E-state index in [1.165, 1.54) is 19.1 Å². The highest BCUT2D eigenvalue weighted by molar-refractivity contribution is 5.95. The molecule has 5 amide bonds. The van der Waals surface area contributed by atoms with Crippen LogP contribution in [0.1, 0.15) is 52.2 Å². The third-order valence-electron chi connectivity index (χ3n) is 7.80. The van der Waals surface area contributed by atoms with Gasteiger partial charge in [-0.1, -0.05) is 76.6 Å². The van der Waals surface area contributed by atoms with Crippen molar-refractivity contribution >= 4 is 35.5 Å². The summed E-state index contributed by atoms with van der Waals surface area (Å²) in [6.07, 6.45) is 0.598. The second kappa shape index (κ2) is 19.0. The van der Waals surface area contributed by atoms with E-state index in [9.17, 15) is 39.0 Å². The summed E-state index contributed by atoms with van der Waals surface area (Å²) >= 11 is 0. The summed E-state index contributed by atoms with van der Waals surface area (Å²) in [7, 11) is 0. The SMILES string of the molecule is CC[C@H](C)[C@H](NC(=O)[C@H](Cc1ccc(O)cc1)NC(=O)CNC(=O)[C@@H](NC(=O)[C@H](Cc1ccccc1)NC(=O)[C@H](C)N)C(C)C)C(=O)O. The molecule has 262 valence electrons. The fraction of sp³-hybridized carbons (Fsp3) is 0.471. The first-order valence-electron chi connectivity index (χ1n) is 15.9. The summed E-state index contributed by atoms with van der Waals surface area (Å²) in [6.45, 7) is 7.80. The van der Waals surface area contributed by atoms with E-state index in [0.29, 0.717) is 12.0 Å². The van der Waals surface area contributed by atoms with E-state index in [1.807, 2.05) is 6.07 Å². The average Bonchev–Trinajstić information content (AvgIpc) is 3.04. The first-order valence-corrected chi connectivity index (χ1v) is 15.9. The molecule has 9 N–H and O–H groups in total. The molecule has 14 nitrogen and oxygen atoms in total.